The number of nitrogens with zero attached hydrogens (tertiary/aromatic N) is 5. The number of anilines is 3. The molecule has 39 heavy (non-hydrogen) atoms. The fourth-order valence-corrected chi connectivity index (χ4v) is 5.74. The van der Waals surface area contributed by atoms with Crippen LogP contribution in [-0.2, 0) is 11.3 Å². The lowest BCUT2D eigenvalue weighted by molar-refractivity contribution is 0.112. The van der Waals surface area contributed by atoms with Gasteiger partial charge in [-0.1, -0.05) is 23.7 Å². The Bertz CT molecular complexity index is 1540. The first-order chi connectivity index (χ1) is 19.0. The van der Waals surface area contributed by atoms with Crippen LogP contribution in [-0.4, -0.2) is 59.3 Å². The van der Waals surface area contributed by atoms with Gasteiger partial charge in [-0.2, -0.15) is 4.98 Å². The van der Waals surface area contributed by atoms with Gasteiger partial charge in [0.05, 0.1) is 6.10 Å². The second-order valence-corrected chi connectivity index (χ2v) is 10.7. The minimum atomic E-state index is -0.127. The van der Waals surface area contributed by atoms with Gasteiger partial charge in [0, 0.05) is 78.4 Å². The number of rotatable bonds is 6. The van der Waals surface area contributed by atoms with Crippen LogP contribution in [0.5, 0.6) is 0 Å². The molecule has 2 saturated heterocycles. The van der Waals surface area contributed by atoms with Gasteiger partial charge < -0.3 is 19.9 Å². The summed E-state index contributed by atoms with van der Waals surface area (Å²) in [6, 6.07) is 16.0. The Hall–Kier alpha value is -3.46. The van der Waals surface area contributed by atoms with E-state index in [-0.39, 0.29) is 11.7 Å². The van der Waals surface area contributed by atoms with Crippen LogP contribution in [0.4, 0.5) is 17.3 Å². The third-order valence-electron chi connectivity index (χ3n) is 7.72. The fourth-order valence-electron chi connectivity index (χ4n) is 5.45. The largest absolute Gasteiger partial charge is 0.374 e. The number of hydrogen-bond donors (Lipinski definition) is 1. The predicted molar refractivity (Wildman–Crippen MR) is 157 cm³/mol. The smallest absolute Gasteiger partial charge is 0.260 e. The normalized spacial score (nSPS) is 18.1. The highest BCUT2D eigenvalue weighted by Crippen LogP contribution is 2.34. The molecule has 1 N–H and O–H groups in total. The zero-order chi connectivity index (χ0) is 26.9. The average molecular weight is 545 g/mol. The summed E-state index contributed by atoms with van der Waals surface area (Å²) in [6.07, 6.45) is 3.87. The van der Waals surface area contributed by atoms with Gasteiger partial charge in [0.15, 0.2) is 0 Å². The molecule has 2 aromatic heterocycles. The summed E-state index contributed by atoms with van der Waals surface area (Å²) in [4.78, 5) is 27.6. The summed E-state index contributed by atoms with van der Waals surface area (Å²) in [6.45, 7) is 7.38. The van der Waals surface area contributed by atoms with Crippen LogP contribution < -0.4 is 15.8 Å². The predicted octanol–water partition coefficient (Wildman–Crippen LogP) is 5.48. The molecule has 4 aromatic rings. The summed E-state index contributed by atoms with van der Waals surface area (Å²) >= 11 is 6.69. The highest BCUT2D eigenvalue weighted by atomic mass is 35.5. The molecule has 2 fully saturated rings. The van der Waals surface area contributed by atoms with Crippen molar-refractivity contribution < 1.29 is 4.74 Å². The molecule has 0 saturated carbocycles. The third kappa shape index (κ3) is 5.24. The number of nitrogens with one attached hydrogen (secondary N) is 1. The highest BCUT2D eigenvalue weighted by molar-refractivity contribution is 6.33. The molecule has 0 bridgehead atoms. The quantitative estimate of drug-likeness (QED) is 0.344. The molecule has 202 valence electrons. The number of benzene rings is 2. The van der Waals surface area contributed by atoms with Crippen LogP contribution in [0.3, 0.4) is 0 Å². The van der Waals surface area contributed by atoms with Gasteiger partial charge in [-0.15, -0.1) is 0 Å². The maximum absolute atomic E-state index is 13.6. The van der Waals surface area contributed by atoms with E-state index in [0.29, 0.717) is 34.3 Å². The van der Waals surface area contributed by atoms with Crippen molar-refractivity contribution in [2.75, 3.05) is 50.1 Å². The molecular formula is C30H33ClN6O2. The van der Waals surface area contributed by atoms with Crippen molar-refractivity contribution in [1.29, 1.82) is 0 Å². The molecule has 0 aliphatic carbocycles. The van der Waals surface area contributed by atoms with Crippen LogP contribution in [0.2, 0.25) is 5.02 Å². The second kappa shape index (κ2) is 11.0. The number of aryl methyl sites for hydroxylation is 1. The van der Waals surface area contributed by atoms with Gasteiger partial charge in [-0.05, 0) is 68.8 Å². The number of halogens is 1. The van der Waals surface area contributed by atoms with E-state index in [4.69, 9.17) is 21.3 Å². The molecule has 0 radical (unpaired) electrons. The molecule has 6 rings (SSSR count). The fraction of sp³-hybridized carbons (Fsp3) is 0.367. The molecule has 1 atom stereocenters. The standard InChI is InChI=1S/C30H33ClN6O2/c1-3-37-28-21(17-25(29(37)38)24-11-6-20(18-26(24)31)27-5-4-16-39-27)19-32-30(34-28)33-22-7-9-23(10-8-22)36-14-12-35(2)13-15-36/h6-11,17-19,27H,3-5,12-16H2,1-2H3,(H,32,33,34). The SMILES string of the molecule is CCn1c(=O)c(-c2ccc(C3CCCO3)cc2Cl)cc2cnc(Nc3ccc(N4CCN(C)CC4)cc3)nc21. The van der Waals surface area contributed by atoms with E-state index in [9.17, 15) is 4.79 Å². The van der Waals surface area contributed by atoms with Gasteiger partial charge in [-0.25, -0.2) is 4.98 Å². The number of pyridine rings is 1. The summed E-state index contributed by atoms with van der Waals surface area (Å²) < 4.78 is 7.48. The topological polar surface area (TPSA) is 75.5 Å². The van der Waals surface area contributed by atoms with E-state index in [1.54, 1.807) is 10.8 Å². The molecule has 2 aromatic carbocycles. The Morgan fingerprint density at radius 3 is 2.54 bits per heavy atom. The Balaban J connectivity index is 1.27. The van der Waals surface area contributed by atoms with Crippen molar-refractivity contribution in [1.82, 2.24) is 19.4 Å². The van der Waals surface area contributed by atoms with Gasteiger partial charge in [0.1, 0.15) is 5.65 Å². The summed E-state index contributed by atoms with van der Waals surface area (Å²) in [7, 11) is 2.16. The lowest BCUT2D eigenvalue weighted by atomic mass is 10.0. The number of fused-ring (bicyclic) bond motifs is 1. The van der Waals surface area contributed by atoms with Crippen LogP contribution in [0, 0.1) is 0 Å². The summed E-state index contributed by atoms with van der Waals surface area (Å²) in [5.74, 6) is 0.447. The minimum absolute atomic E-state index is 0.0720. The Kier molecular flexibility index (Phi) is 7.25. The van der Waals surface area contributed by atoms with E-state index < -0.39 is 0 Å². The van der Waals surface area contributed by atoms with E-state index >= 15 is 0 Å². The molecule has 8 nitrogen and oxygen atoms in total. The Morgan fingerprint density at radius 2 is 1.85 bits per heavy atom. The lowest BCUT2D eigenvalue weighted by Gasteiger charge is -2.34. The number of hydrogen-bond acceptors (Lipinski definition) is 7. The van der Waals surface area contributed by atoms with Crippen LogP contribution in [0.1, 0.15) is 31.4 Å². The first-order valence-electron chi connectivity index (χ1n) is 13.6. The zero-order valence-corrected chi connectivity index (χ0v) is 23.1. The monoisotopic (exact) mass is 544 g/mol. The van der Waals surface area contributed by atoms with Crippen molar-refractivity contribution in [2.24, 2.45) is 0 Å². The van der Waals surface area contributed by atoms with Crippen LogP contribution >= 0.6 is 11.6 Å². The molecule has 1 unspecified atom stereocenters. The Labute approximate surface area is 233 Å². The van der Waals surface area contributed by atoms with E-state index in [2.05, 4.69) is 39.3 Å². The van der Waals surface area contributed by atoms with Gasteiger partial charge in [-0.3, -0.25) is 9.36 Å². The van der Waals surface area contributed by atoms with E-state index in [1.807, 2.05) is 43.3 Å². The number of piperazine rings is 1. The van der Waals surface area contributed by atoms with Crippen LogP contribution in [0.15, 0.2) is 59.5 Å². The number of likely N-dealkylation sites (N-methyl/N-ethyl adjacent to an activating group) is 1. The van der Waals surface area contributed by atoms with Crippen molar-refractivity contribution in [3.63, 3.8) is 0 Å². The maximum Gasteiger partial charge on any atom is 0.260 e. The summed E-state index contributed by atoms with van der Waals surface area (Å²) in [5, 5.41) is 4.62. The van der Waals surface area contributed by atoms with Crippen molar-refractivity contribution in [3.05, 3.63) is 75.7 Å². The first kappa shape index (κ1) is 25.8. The third-order valence-corrected chi connectivity index (χ3v) is 8.03. The van der Waals surface area contributed by atoms with E-state index in [1.165, 1.54) is 5.69 Å². The molecule has 9 heteroatoms. The highest BCUT2D eigenvalue weighted by Gasteiger charge is 2.20. The molecular weight excluding hydrogens is 512 g/mol. The van der Waals surface area contributed by atoms with Crippen LogP contribution in [0.25, 0.3) is 22.2 Å². The van der Waals surface area contributed by atoms with Crippen molar-refractivity contribution in [3.8, 4) is 11.1 Å². The molecule has 0 spiro atoms. The van der Waals surface area contributed by atoms with E-state index in [0.717, 1.165) is 62.3 Å². The first-order valence-corrected chi connectivity index (χ1v) is 14.0. The second-order valence-electron chi connectivity index (χ2n) is 10.3. The molecule has 4 heterocycles. The average Bonchev–Trinajstić information content (AvgIpc) is 3.49. The Morgan fingerprint density at radius 1 is 1.05 bits per heavy atom. The number of aromatic nitrogens is 3. The van der Waals surface area contributed by atoms with Gasteiger partial charge in [0.2, 0.25) is 5.95 Å². The lowest BCUT2D eigenvalue weighted by Crippen LogP contribution is -2.44. The molecule has 2 aliphatic heterocycles. The number of ether oxygens (including phenoxy) is 1. The van der Waals surface area contributed by atoms with Crippen molar-refractivity contribution >= 4 is 40.0 Å². The summed E-state index contributed by atoms with van der Waals surface area (Å²) in [5.41, 5.74) is 4.86. The zero-order valence-electron chi connectivity index (χ0n) is 22.4. The molecule has 2 aliphatic rings. The van der Waals surface area contributed by atoms with Gasteiger partial charge >= 0.3 is 0 Å². The maximum atomic E-state index is 13.6. The van der Waals surface area contributed by atoms with Crippen molar-refractivity contribution in [2.45, 2.75) is 32.4 Å². The minimum Gasteiger partial charge on any atom is -0.374 e. The van der Waals surface area contributed by atoms with Gasteiger partial charge in [0.25, 0.3) is 5.56 Å². The molecule has 0 amide bonds.